The van der Waals surface area contributed by atoms with Crippen LogP contribution in [0.2, 0.25) is 0 Å². The number of rotatable bonds is 5. The van der Waals surface area contributed by atoms with Gasteiger partial charge in [-0.15, -0.1) is 0 Å². The number of hydrogen-bond acceptors (Lipinski definition) is 5. The van der Waals surface area contributed by atoms with E-state index in [1.165, 1.54) is 11.4 Å². The minimum absolute atomic E-state index is 0.0114. The third-order valence-electron chi connectivity index (χ3n) is 5.93. The van der Waals surface area contributed by atoms with Crippen LogP contribution in [0.3, 0.4) is 0 Å². The predicted octanol–water partition coefficient (Wildman–Crippen LogP) is 3.27. The third kappa shape index (κ3) is 3.31. The molecule has 0 radical (unpaired) electrons. The molecule has 146 valence electrons. The van der Waals surface area contributed by atoms with E-state index < -0.39 is 0 Å². The Balaban J connectivity index is 1.50. The van der Waals surface area contributed by atoms with E-state index in [4.69, 9.17) is 9.40 Å². The fourth-order valence-corrected chi connectivity index (χ4v) is 5.06. The predicted molar refractivity (Wildman–Crippen MR) is 107 cm³/mol. The number of aromatic nitrogens is 2. The van der Waals surface area contributed by atoms with Gasteiger partial charge in [-0.1, -0.05) is 6.92 Å². The van der Waals surface area contributed by atoms with Gasteiger partial charge in [0, 0.05) is 31.7 Å². The number of fused-ring (bicyclic) bond motifs is 2. The molecule has 2 aromatic heterocycles. The van der Waals surface area contributed by atoms with E-state index in [1.807, 2.05) is 29.6 Å². The number of likely N-dealkylation sites (tertiary alicyclic amines) is 1. The number of nitrogens with zero attached hydrogens (tertiary/aromatic N) is 3. The molecule has 0 saturated carbocycles. The zero-order valence-corrected chi connectivity index (χ0v) is 17.0. The molecular formula is C20H28N4O2S. The summed E-state index contributed by atoms with van der Waals surface area (Å²) in [5.41, 5.74) is 2.44. The van der Waals surface area contributed by atoms with Gasteiger partial charge in [-0.05, 0) is 44.2 Å². The number of aromatic amines is 1. The van der Waals surface area contributed by atoms with Crippen molar-refractivity contribution in [3.05, 3.63) is 41.4 Å². The molecule has 7 heteroatoms. The smallest absolute Gasteiger partial charge is 0.289 e. The normalized spacial score (nSPS) is 19.4. The van der Waals surface area contributed by atoms with E-state index in [2.05, 4.69) is 16.8 Å². The highest BCUT2D eigenvalue weighted by molar-refractivity contribution is 7.97. The van der Waals surface area contributed by atoms with Crippen LogP contribution in [-0.2, 0) is 17.7 Å². The lowest BCUT2D eigenvalue weighted by molar-refractivity contribution is 0.00609. The summed E-state index contributed by atoms with van der Waals surface area (Å²) in [4.78, 5) is 25.5. The average molecular weight is 389 g/mol. The third-order valence-corrected chi connectivity index (χ3v) is 6.50. The van der Waals surface area contributed by atoms with E-state index >= 15 is 0 Å². The molecule has 1 amide bonds. The van der Waals surface area contributed by atoms with E-state index in [0.29, 0.717) is 5.76 Å². The highest BCUT2D eigenvalue weighted by Gasteiger charge is 2.47. The lowest BCUT2D eigenvalue weighted by atomic mass is 9.78. The maximum atomic E-state index is 12.9. The number of nitrogens with one attached hydrogen (secondary N) is 1. The summed E-state index contributed by atoms with van der Waals surface area (Å²) in [5.74, 6) is 2.13. The standard InChI is InChI=1S/C20H28N4O2S/c1-3-9-24-10-6-16-18(22-14-21-16)20(24)7-11-23(12-8-20)19(25)17-5-4-15(26-17)13-27-2/h4-5,14H,3,6-13H2,1-2H3,(H,21,22). The lowest BCUT2D eigenvalue weighted by Gasteiger charge is -2.50. The molecule has 0 bridgehead atoms. The largest absolute Gasteiger partial charge is 0.455 e. The number of carbonyl (C=O) groups excluding carboxylic acids is 1. The number of amides is 1. The van der Waals surface area contributed by atoms with Crippen LogP contribution in [0.4, 0.5) is 0 Å². The minimum Gasteiger partial charge on any atom is -0.455 e. The molecule has 2 aliphatic heterocycles. The van der Waals surface area contributed by atoms with Gasteiger partial charge >= 0.3 is 0 Å². The molecule has 2 aliphatic rings. The van der Waals surface area contributed by atoms with E-state index in [-0.39, 0.29) is 11.4 Å². The summed E-state index contributed by atoms with van der Waals surface area (Å²) >= 11 is 1.70. The van der Waals surface area contributed by atoms with E-state index in [9.17, 15) is 4.79 Å². The number of carbonyl (C=O) groups is 1. The van der Waals surface area contributed by atoms with Gasteiger partial charge in [-0.25, -0.2) is 4.98 Å². The SMILES string of the molecule is CCCN1CCc2[nH]cnc2C12CCN(C(=O)c1ccc(CSC)o1)CC2. The van der Waals surface area contributed by atoms with Crippen molar-refractivity contribution in [2.75, 3.05) is 32.4 Å². The minimum atomic E-state index is -0.0342. The maximum absolute atomic E-state index is 12.9. The van der Waals surface area contributed by atoms with Gasteiger partial charge in [0.05, 0.1) is 23.3 Å². The first-order valence-corrected chi connectivity index (χ1v) is 11.2. The Bertz CT molecular complexity index is 792. The van der Waals surface area contributed by atoms with Crippen molar-refractivity contribution in [3.63, 3.8) is 0 Å². The molecule has 1 N–H and O–H groups in total. The number of furan rings is 1. The van der Waals surface area contributed by atoms with Crippen molar-refractivity contribution in [1.29, 1.82) is 0 Å². The van der Waals surface area contributed by atoms with Crippen LogP contribution in [0.15, 0.2) is 22.9 Å². The molecule has 27 heavy (non-hydrogen) atoms. The van der Waals surface area contributed by atoms with E-state index in [1.54, 1.807) is 11.8 Å². The number of piperidine rings is 1. The number of imidazole rings is 1. The topological polar surface area (TPSA) is 65.4 Å². The van der Waals surface area contributed by atoms with Crippen LogP contribution in [0.25, 0.3) is 0 Å². The second kappa shape index (κ2) is 7.72. The first-order chi connectivity index (χ1) is 13.2. The van der Waals surface area contributed by atoms with Crippen LogP contribution in [-0.4, -0.2) is 58.1 Å². The van der Waals surface area contributed by atoms with Crippen LogP contribution in [0.1, 0.15) is 53.9 Å². The first-order valence-electron chi connectivity index (χ1n) is 9.82. The van der Waals surface area contributed by atoms with E-state index in [0.717, 1.165) is 63.4 Å². The molecule has 4 rings (SSSR count). The monoisotopic (exact) mass is 388 g/mol. The zero-order valence-electron chi connectivity index (χ0n) is 16.2. The Morgan fingerprint density at radius 2 is 2.15 bits per heavy atom. The molecule has 1 fully saturated rings. The van der Waals surface area contributed by atoms with Gasteiger partial charge in [0.25, 0.3) is 5.91 Å². The van der Waals surface area contributed by atoms with Crippen molar-refractivity contribution in [3.8, 4) is 0 Å². The molecule has 6 nitrogen and oxygen atoms in total. The second-order valence-corrected chi connectivity index (χ2v) is 8.36. The van der Waals surface area contributed by atoms with Crippen molar-refractivity contribution in [2.45, 2.75) is 43.9 Å². The van der Waals surface area contributed by atoms with Gasteiger partial charge in [0.1, 0.15) is 5.76 Å². The molecule has 4 heterocycles. The molecule has 0 unspecified atom stereocenters. The summed E-state index contributed by atoms with van der Waals surface area (Å²) < 4.78 is 5.74. The fraction of sp³-hybridized carbons (Fsp3) is 0.600. The summed E-state index contributed by atoms with van der Waals surface area (Å²) in [6.45, 7) is 5.85. The Morgan fingerprint density at radius 1 is 1.33 bits per heavy atom. The Kier molecular flexibility index (Phi) is 5.32. The van der Waals surface area contributed by atoms with Crippen molar-refractivity contribution in [2.24, 2.45) is 0 Å². The summed E-state index contributed by atoms with van der Waals surface area (Å²) in [6, 6.07) is 3.73. The maximum Gasteiger partial charge on any atom is 0.289 e. The van der Waals surface area contributed by atoms with Crippen LogP contribution in [0, 0.1) is 0 Å². The number of thioether (sulfide) groups is 1. The second-order valence-electron chi connectivity index (χ2n) is 7.49. The Hall–Kier alpha value is -1.73. The lowest BCUT2D eigenvalue weighted by Crippen LogP contribution is -2.57. The molecule has 0 aliphatic carbocycles. The van der Waals surface area contributed by atoms with Gasteiger partial charge in [0.15, 0.2) is 5.76 Å². The van der Waals surface area contributed by atoms with Crippen molar-refractivity contribution < 1.29 is 9.21 Å². The Labute approximate surface area is 164 Å². The average Bonchev–Trinajstić information content (AvgIpc) is 3.35. The molecule has 2 aromatic rings. The Morgan fingerprint density at radius 3 is 2.89 bits per heavy atom. The van der Waals surface area contributed by atoms with Gasteiger partial charge < -0.3 is 14.3 Å². The molecule has 0 atom stereocenters. The van der Waals surface area contributed by atoms with Crippen LogP contribution >= 0.6 is 11.8 Å². The van der Waals surface area contributed by atoms with Gasteiger partial charge in [0.2, 0.25) is 0 Å². The quantitative estimate of drug-likeness (QED) is 0.852. The van der Waals surface area contributed by atoms with Gasteiger partial charge in [-0.3, -0.25) is 9.69 Å². The van der Waals surface area contributed by atoms with Crippen molar-refractivity contribution >= 4 is 17.7 Å². The summed E-state index contributed by atoms with van der Waals surface area (Å²) in [5, 5.41) is 0. The van der Waals surface area contributed by atoms with Crippen LogP contribution in [0.5, 0.6) is 0 Å². The highest BCUT2D eigenvalue weighted by atomic mass is 32.2. The van der Waals surface area contributed by atoms with Gasteiger partial charge in [-0.2, -0.15) is 11.8 Å². The molecule has 1 saturated heterocycles. The zero-order chi connectivity index (χ0) is 18.9. The summed E-state index contributed by atoms with van der Waals surface area (Å²) in [6.07, 6.45) is 7.88. The van der Waals surface area contributed by atoms with Crippen molar-refractivity contribution in [1.82, 2.24) is 19.8 Å². The first kappa shape index (κ1) is 18.6. The number of H-pyrrole nitrogens is 1. The number of hydrogen-bond donors (Lipinski definition) is 1. The molecular weight excluding hydrogens is 360 g/mol. The molecule has 0 aromatic carbocycles. The fourth-order valence-electron chi connectivity index (χ4n) is 4.62. The molecule has 1 spiro atoms. The van der Waals surface area contributed by atoms with Crippen LogP contribution < -0.4 is 0 Å². The summed E-state index contributed by atoms with van der Waals surface area (Å²) in [7, 11) is 0. The highest BCUT2D eigenvalue weighted by Crippen LogP contribution is 2.42.